The van der Waals surface area contributed by atoms with Gasteiger partial charge in [0.2, 0.25) is 11.8 Å². The van der Waals surface area contributed by atoms with Gasteiger partial charge in [-0.3, -0.25) is 9.59 Å². The van der Waals surface area contributed by atoms with Gasteiger partial charge in [0.1, 0.15) is 17.0 Å². The fourth-order valence-electron chi connectivity index (χ4n) is 6.23. The van der Waals surface area contributed by atoms with E-state index < -0.39 is 35.1 Å². The second kappa shape index (κ2) is 10.6. The molecule has 1 spiro atoms. The largest absolute Gasteiger partial charge is 0.495 e. The zero-order valence-corrected chi connectivity index (χ0v) is 24.5. The molecule has 2 heterocycles. The van der Waals surface area contributed by atoms with Gasteiger partial charge in [0.25, 0.3) is 0 Å². The number of nitriles is 1. The summed E-state index contributed by atoms with van der Waals surface area (Å²) in [6.45, 7) is 6.13. The first-order chi connectivity index (χ1) is 19.4. The van der Waals surface area contributed by atoms with E-state index in [0.29, 0.717) is 39.7 Å². The molecule has 3 aromatic carbocycles. The highest BCUT2D eigenvalue weighted by molar-refractivity contribution is 6.31. The SMILES string of the molecule is COc1cc(C#N)ccc1NC(=O)[C@@H]1N[C@@H](CC(C)(C)C)C2(C(=O)Nc3cc(Cl)ccc32)[C@@H]1c1cccc(Cl)c1F. The summed E-state index contributed by atoms with van der Waals surface area (Å²) in [6.07, 6.45) is 0.491. The molecule has 10 heteroatoms. The van der Waals surface area contributed by atoms with Crippen molar-refractivity contribution in [3.63, 3.8) is 0 Å². The summed E-state index contributed by atoms with van der Waals surface area (Å²) in [7, 11) is 1.43. The molecule has 5 rings (SSSR count). The maximum atomic E-state index is 15.9. The Labute approximate surface area is 248 Å². The molecule has 1 fully saturated rings. The van der Waals surface area contributed by atoms with Gasteiger partial charge in [-0.1, -0.05) is 62.2 Å². The van der Waals surface area contributed by atoms with E-state index in [4.69, 9.17) is 27.9 Å². The maximum Gasteiger partial charge on any atom is 0.242 e. The zero-order valence-electron chi connectivity index (χ0n) is 22.9. The fourth-order valence-corrected chi connectivity index (χ4v) is 6.58. The Kier molecular flexibility index (Phi) is 7.49. The van der Waals surface area contributed by atoms with Crippen molar-refractivity contribution in [2.75, 3.05) is 17.7 Å². The van der Waals surface area contributed by atoms with Crippen LogP contribution in [0.15, 0.2) is 54.6 Å². The van der Waals surface area contributed by atoms with Crippen LogP contribution in [0.5, 0.6) is 5.75 Å². The minimum atomic E-state index is -1.37. The number of nitrogens with zero attached hydrogens (tertiary/aromatic N) is 1. The molecular formula is C31H29Cl2FN4O3. The van der Waals surface area contributed by atoms with Crippen LogP contribution in [-0.4, -0.2) is 31.0 Å². The Balaban J connectivity index is 1.71. The molecule has 0 saturated carbocycles. The number of nitrogens with one attached hydrogen (secondary N) is 3. The molecule has 4 atom stereocenters. The topological polar surface area (TPSA) is 103 Å². The maximum absolute atomic E-state index is 15.9. The van der Waals surface area contributed by atoms with Crippen LogP contribution in [0.4, 0.5) is 15.8 Å². The summed E-state index contributed by atoms with van der Waals surface area (Å²) in [6, 6.07) is 14.8. The Morgan fingerprint density at radius 2 is 1.93 bits per heavy atom. The third-order valence-electron chi connectivity index (χ3n) is 7.81. The van der Waals surface area contributed by atoms with E-state index in [1.165, 1.54) is 19.2 Å². The van der Waals surface area contributed by atoms with Crippen LogP contribution in [0.2, 0.25) is 10.0 Å². The van der Waals surface area contributed by atoms with Crippen molar-refractivity contribution >= 4 is 46.4 Å². The molecule has 2 aliphatic rings. The number of benzene rings is 3. The molecule has 0 bridgehead atoms. The average molecular weight is 596 g/mol. The molecule has 0 radical (unpaired) electrons. The van der Waals surface area contributed by atoms with Crippen LogP contribution in [0, 0.1) is 22.6 Å². The van der Waals surface area contributed by atoms with Crippen molar-refractivity contribution in [3.8, 4) is 11.8 Å². The Bertz CT molecular complexity index is 1600. The van der Waals surface area contributed by atoms with Crippen LogP contribution >= 0.6 is 23.2 Å². The number of rotatable bonds is 5. The van der Waals surface area contributed by atoms with Crippen molar-refractivity contribution < 1.29 is 18.7 Å². The second-order valence-corrected chi connectivity index (χ2v) is 12.5. The number of methoxy groups -OCH3 is 1. The highest BCUT2D eigenvalue weighted by Crippen LogP contribution is 2.57. The van der Waals surface area contributed by atoms with E-state index in [0.717, 1.165) is 0 Å². The van der Waals surface area contributed by atoms with Gasteiger partial charge in [-0.25, -0.2) is 4.39 Å². The Hall–Kier alpha value is -3.64. The van der Waals surface area contributed by atoms with Crippen molar-refractivity contribution in [2.24, 2.45) is 5.41 Å². The molecule has 212 valence electrons. The van der Waals surface area contributed by atoms with E-state index in [-0.39, 0.29) is 21.9 Å². The first kappa shape index (κ1) is 28.9. The first-order valence-corrected chi connectivity index (χ1v) is 13.9. The highest BCUT2D eigenvalue weighted by atomic mass is 35.5. The molecule has 1 unspecified atom stereocenters. The number of amides is 2. The first-order valence-electron chi connectivity index (χ1n) is 13.1. The van der Waals surface area contributed by atoms with Gasteiger partial charge in [0.05, 0.1) is 35.5 Å². The summed E-state index contributed by atoms with van der Waals surface area (Å²) in [5, 5.41) is 18.9. The van der Waals surface area contributed by atoms with Crippen LogP contribution in [0.25, 0.3) is 0 Å². The number of carbonyl (C=O) groups excluding carboxylic acids is 2. The predicted molar refractivity (Wildman–Crippen MR) is 157 cm³/mol. The third kappa shape index (κ3) is 4.93. The highest BCUT2D eigenvalue weighted by Gasteiger charge is 2.66. The average Bonchev–Trinajstić information content (AvgIpc) is 3.39. The molecule has 1 saturated heterocycles. The number of halogens is 3. The Morgan fingerprint density at radius 3 is 2.61 bits per heavy atom. The van der Waals surface area contributed by atoms with Crippen molar-refractivity contribution in [1.29, 1.82) is 5.26 Å². The summed E-state index contributed by atoms with van der Waals surface area (Å²) < 4.78 is 21.3. The lowest BCUT2D eigenvalue weighted by molar-refractivity contribution is -0.122. The third-order valence-corrected chi connectivity index (χ3v) is 8.34. The lowest BCUT2D eigenvalue weighted by atomic mass is 9.62. The van der Waals surface area contributed by atoms with Gasteiger partial charge >= 0.3 is 0 Å². The quantitative estimate of drug-likeness (QED) is 0.317. The summed E-state index contributed by atoms with van der Waals surface area (Å²) in [4.78, 5) is 28.3. The number of hydrogen-bond acceptors (Lipinski definition) is 5. The summed E-state index contributed by atoms with van der Waals surface area (Å²) in [5.41, 5.74) is 0.357. The van der Waals surface area contributed by atoms with Crippen LogP contribution in [0.3, 0.4) is 0 Å². The number of ether oxygens (including phenoxy) is 1. The van der Waals surface area contributed by atoms with Crippen LogP contribution in [0.1, 0.15) is 49.8 Å². The van der Waals surface area contributed by atoms with Gasteiger partial charge in [0, 0.05) is 28.7 Å². The van der Waals surface area contributed by atoms with Gasteiger partial charge in [-0.05, 0) is 53.3 Å². The second-order valence-electron chi connectivity index (χ2n) is 11.6. The van der Waals surface area contributed by atoms with Crippen molar-refractivity contribution in [1.82, 2.24) is 5.32 Å². The zero-order chi connectivity index (χ0) is 29.7. The molecular weight excluding hydrogens is 566 g/mol. The minimum Gasteiger partial charge on any atom is -0.495 e. The summed E-state index contributed by atoms with van der Waals surface area (Å²) in [5.74, 6) is -2.24. The van der Waals surface area contributed by atoms with Gasteiger partial charge in [-0.2, -0.15) is 5.26 Å². The van der Waals surface area contributed by atoms with Crippen LogP contribution < -0.4 is 20.7 Å². The number of anilines is 2. The van der Waals surface area contributed by atoms with Crippen molar-refractivity contribution in [2.45, 2.75) is 50.6 Å². The lowest BCUT2D eigenvalue weighted by Crippen LogP contribution is -2.49. The smallest absolute Gasteiger partial charge is 0.242 e. The van der Waals surface area contributed by atoms with Crippen LogP contribution in [-0.2, 0) is 15.0 Å². The number of hydrogen-bond donors (Lipinski definition) is 3. The molecule has 2 amide bonds. The molecule has 0 aliphatic carbocycles. The van der Waals surface area contributed by atoms with E-state index in [9.17, 15) is 14.9 Å². The fraction of sp³-hybridized carbons (Fsp3) is 0.323. The molecule has 41 heavy (non-hydrogen) atoms. The predicted octanol–water partition coefficient (Wildman–Crippen LogP) is 6.40. The normalized spacial score (nSPS) is 23.2. The van der Waals surface area contributed by atoms with Gasteiger partial charge in [0.15, 0.2) is 0 Å². The van der Waals surface area contributed by atoms with Gasteiger partial charge in [-0.15, -0.1) is 0 Å². The number of fused-ring (bicyclic) bond motifs is 2. The van der Waals surface area contributed by atoms with E-state index in [1.54, 1.807) is 42.5 Å². The standard InChI is InChI=1S/C31H29Cl2FN4O3/c1-30(2,3)14-24-31(19-10-9-17(32)13-22(19)37-29(31)40)25(18-6-5-7-20(33)26(18)34)27(38-24)28(39)36-21-11-8-16(15-35)12-23(21)41-4/h5-13,24-25,27,38H,14H2,1-4H3,(H,36,39)(H,37,40)/t24-,25+,27+,31?/m0/s1. The monoisotopic (exact) mass is 594 g/mol. The van der Waals surface area contributed by atoms with Gasteiger partial charge < -0.3 is 20.7 Å². The van der Waals surface area contributed by atoms with Crippen molar-refractivity contribution in [3.05, 3.63) is 87.2 Å². The molecule has 3 N–H and O–H groups in total. The summed E-state index contributed by atoms with van der Waals surface area (Å²) >= 11 is 12.5. The van der Waals surface area contributed by atoms with E-state index >= 15 is 4.39 Å². The van der Waals surface area contributed by atoms with E-state index in [2.05, 4.69) is 16.0 Å². The molecule has 2 aliphatic heterocycles. The molecule has 7 nitrogen and oxygen atoms in total. The lowest BCUT2D eigenvalue weighted by Gasteiger charge is -2.37. The van der Waals surface area contributed by atoms with E-state index in [1.807, 2.05) is 26.8 Å². The molecule has 3 aromatic rings. The Morgan fingerprint density at radius 1 is 1.17 bits per heavy atom. The number of carbonyl (C=O) groups is 2. The minimum absolute atomic E-state index is 0.112. The molecule has 0 aromatic heterocycles.